The van der Waals surface area contributed by atoms with Gasteiger partial charge in [-0.2, -0.15) is 10.1 Å². The highest BCUT2D eigenvalue weighted by atomic mass is 32.2. The number of nitrogens with two attached hydrogens (primary N) is 1. The van der Waals surface area contributed by atoms with Gasteiger partial charge in [-0.3, -0.25) is 9.78 Å². The predicted octanol–water partition coefficient (Wildman–Crippen LogP) is 1.18. The number of primary sulfonamides is 1. The Morgan fingerprint density at radius 2 is 1.89 bits per heavy atom. The van der Waals surface area contributed by atoms with E-state index in [9.17, 15) is 13.2 Å². The van der Waals surface area contributed by atoms with Crippen molar-refractivity contribution in [2.24, 2.45) is 5.14 Å². The summed E-state index contributed by atoms with van der Waals surface area (Å²) in [6.45, 7) is 6.47. The number of fused-ring (bicyclic) bond motifs is 1. The molecule has 0 spiro atoms. The number of H-pyrrole nitrogens is 1. The zero-order valence-electron chi connectivity index (χ0n) is 15.4. The first kappa shape index (κ1) is 19.1. The number of aromatic nitrogens is 4. The van der Waals surface area contributed by atoms with Crippen molar-refractivity contribution in [1.29, 1.82) is 0 Å². The molecule has 0 aliphatic heterocycles. The average molecular weight is 390 g/mol. The first-order valence-corrected chi connectivity index (χ1v) is 9.94. The van der Waals surface area contributed by atoms with Crippen molar-refractivity contribution in [2.45, 2.75) is 37.6 Å². The van der Waals surface area contributed by atoms with Gasteiger partial charge in [-0.1, -0.05) is 12.1 Å². The Bertz CT molecular complexity index is 1120. The van der Waals surface area contributed by atoms with E-state index in [1.165, 1.54) is 18.3 Å². The number of hydrogen-bond donors (Lipinski definition) is 3. The third-order valence-corrected chi connectivity index (χ3v) is 4.96. The monoisotopic (exact) mass is 390 g/mol. The first-order chi connectivity index (χ1) is 12.6. The van der Waals surface area contributed by atoms with Gasteiger partial charge in [0.1, 0.15) is 5.39 Å². The molecule has 0 unspecified atom stereocenters. The van der Waals surface area contributed by atoms with E-state index in [-0.39, 0.29) is 16.0 Å². The summed E-state index contributed by atoms with van der Waals surface area (Å²) in [6.07, 6.45) is 2.13. The molecule has 0 bridgehead atoms. The van der Waals surface area contributed by atoms with Crippen LogP contribution < -0.4 is 16.0 Å². The van der Waals surface area contributed by atoms with Crippen molar-refractivity contribution in [3.05, 3.63) is 46.4 Å². The summed E-state index contributed by atoms with van der Waals surface area (Å²) in [5, 5.41) is 12.9. The predicted molar refractivity (Wildman–Crippen MR) is 103 cm³/mol. The molecule has 0 aliphatic rings. The Labute approximate surface area is 156 Å². The molecule has 3 rings (SSSR count). The number of sulfonamides is 1. The van der Waals surface area contributed by atoms with Crippen LogP contribution in [0.3, 0.4) is 0 Å². The normalized spacial score (nSPS) is 12.4. The zero-order chi connectivity index (χ0) is 19.8. The van der Waals surface area contributed by atoms with Crippen LogP contribution in [0.4, 0.5) is 5.95 Å². The third kappa shape index (κ3) is 4.17. The largest absolute Gasteiger partial charge is 0.355 e. The number of aromatic amines is 1. The van der Waals surface area contributed by atoms with Gasteiger partial charge in [0.15, 0.2) is 5.65 Å². The molecule has 10 heteroatoms. The van der Waals surface area contributed by atoms with E-state index in [4.69, 9.17) is 5.14 Å². The molecule has 144 valence electrons. The highest BCUT2D eigenvalue weighted by Crippen LogP contribution is 2.18. The molecule has 0 radical (unpaired) electrons. The lowest BCUT2D eigenvalue weighted by molar-refractivity contribution is 0.366. The minimum absolute atomic E-state index is 0.0751. The van der Waals surface area contributed by atoms with Crippen molar-refractivity contribution in [1.82, 2.24) is 19.7 Å². The van der Waals surface area contributed by atoms with Gasteiger partial charge >= 0.3 is 0 Å². The summed E-state index contributed by atoms with van der Waals surface area (Å²) in [7, 11) is -3.69. The fourth-order valence-electron chi connectivity index (χ4n) is 2.66. The third-order valence-electron chi connectivity index (χ3n) is 4.03. The molecule has 0 fully saturated rings. The summed E-state index contributed by atoms with van der Waals surface area (Å²) in [4.78, 5) is 19.5. The van der Waals surface area contributed by atoms with Crippen LogP contribution >= 0.6 is 0 Å². The maximum atomic E-state index is 12.2. The van der Waals surface area contributed by atoms with Gasteiger partial charge in [0, 0.05) is 6.54 Å². The Balaban J connectivity index is 1.75. The maximum Gasteiger partial charge on any atom is 0.263 e. The molecular weight excluding hydrogens is 368 g/mol. The van der Waals surface area contributed by atoms with E-state index in [0.717, 1.165) is 5.56 Å². The van der Waals surface area contributed by atoms with Crippen LogP contribution in [0.1, 0.15) is 26.3 Å². The Kier molecular flexibility index (Phi) is 4.79. The van der Waals surface area contributed by atoms with Crippen molar-refractivity contribution >= 4 is 27.0 Å². The molecule has 0 amide bonds. The molecule has 0 saturated carbocycles. The molecule has 1 aromatic carbocycles. The smallest absolute Gasteiger partial charge is 0.263 e. The second kappa shape index (κ2) is 6.78. The lowest BCUT2D eigenvalue weighted by Crippen LogP contribution is -2.24. The molecule has 9 nitrogen and oxygen atoms in total. The van der Waals surface area contributed by atoms with E-state index in [1.807, 2.05) is 20.8 Å². The van der Waals surface area contributed by atoms with Gasteiger partial charge in [0.05, 0.1) is 16.6 Å². The van der Waals surface area contributed by atoms with Crippen LogP contribution in [0.5, 0.6) is 0 Å². The molecule has 0 saturated heterocycles. The lowest BCUT2D eigenvalue weighted by atomic mass is 10.1. The van der Waals surface area contributed by atoms with Crippen LogP contribution in [0.2, 0.25) is 0 Å². The molecule has 27 heavy (non-hydrogen) atoms. The number of rotatable bonds is 5. The van der Waals surface area contributed by atoms with Crippen LogP contribution in [0, 0.1) is 0 Å². The van der Waals surface area contributed by atoms with Crippen LogP contribution in [0.25, 0.3) is 11.0 Å². The maximum absolute atomic E-state index is 12.2. The van der Waals surface area contributed by atoms with Crippen molar-refractivity contribution in [3.8, 4) is 0 Å². The van der Waals surface area contributed by atoms with E-state index in [2.05, 4.69) is 20.4 Å². The minimum Gasteiger partial charge on any atom is -0.355 e. The summed E-state index contributed by atoms with van der Waals surface area (Å²) in [6, 6.07) is 6.35. The Morgan fingerprint density at radius 1 is 1.22 bits per heavy atom. The zero-order valence-corrected chi connectivity index (χ0v) is 16.2. The number of hydrogen-bond acceptors (Lipinski definition) is 6. The highest BCUT2D eigenvalue weighted by molar-refractivity contribution is 7.89. The van der Waals surface area contributed by atoms with Crippen molar-refractivity contribution in [2.75, 3.05) is 11.9 Å². The van der Waals surface area contributed by atoms with Gasteiger partial charge in [0.25, 0.3) is 5.56 Å². The summed E-state index contributed by atoms with van der Waals surface area (Å²) in [5.74, 6) is 0.361. The summed E-state index contributed by atoms with van der Waals surface area (Å²) >= 11 is 0. The van der Waals surface area contributed by atoms with E-state index in [0.29, 0.717) is 29.9 Å². The first-order valence-electron chi connectivity index (χ1n) is 8.40. The lowest BCUT2D eigenvalue weighted by Gasteiger charge is -2.19. The molecule has 2 aromatic heterocycles. The van der Waals surface area contributed by atoms with Crippen LogP contribution in [-0.4, -0.2) is 34.7 Å². The quantitative estimate of drug-likeness (QED) is 0.598. The van der Waals surface area contributed by atoms with Crippen molar-refractivity contribution < 1.29 is 8.42 Å². The highest BCUT2D eigenvalue weighted by Gasteiger charge is 2.19. The number of anilines is 1. The standard InChI is InChI=1S/C17H22N6O3S/c1-17(2,3)23-14-13(10-20-23)15(24)22-16(21-14)19-9-8-11-4-6-12(7-5-11)27(18,25)26/h4-7,10H,8-9H2,1-3H3,(H2,18,25,26)(H2,19,21,22,24). The molecule has 4 N–H and O–H groups in total. The molecule has 0 atom stereocenters. The molecular formula is C17H22N6O3S. The van der Waals surface area contributed by atoms with Gasteiger partial charge in [-0.05, 0) is 44.9 Å². The van der Waals surface area contributed by atoms with Gasteiger partial charge in [-0.25, -0.2) is 18.2 Å². The van der Waals surface area contributed by atoms with Crippen LogP contribution in [0.15, 0.2) is 40.2 Å². The molecule has 3 aromatic rings. The van der Waals surface area contributed by atoms with Gasteiger partial charge in [-0.15, -0.1) is 0 Å². The number of nitrogens with zero attached hydrogens (tertiary/aromatic N) is 3. The Morgan fingerprint density at radius 3 is 2.48 bits per heavy atom. The second-order valence-electron chi connectivity index (χ2n) is 7.24. The van der Waals surface area contributed by atoms with Crippen molar-refractivity contribution in [3.63, 3.8) is 0 Å². The van der Waals surface area contributed by atoms with E-state index < -0.39 is 10.0 Å². The summed E-state index contributed by atoms with van der Waals surface area (Å²) < 4.78 is 24.3. The topological polar surface area (TPSA) is 136 Å². The van der Waals surface area contributed by atoms with Gasteiger partial charge < -0.3 is 5.32 Å². The second-order valence-corrected chi connectivity index (χ2v) is 8.81. The molecule has 2 heterocycles. The number of nitrogens with one attached hydrogen (secondary N) is 2. The Hall–Kier alpha value is -2.72. The fraction of sp³-hybridized carbons (Fsp3) is 0.353. The fourth-order valence-corrected chi connectivity index (χ4v) is 3.18. The minimum atomic E-state index is -3.69. The van der Waals surface area contributed by atoms with E-state index in [1.54, 1.807) is 16.8 Å². The molecule has 0 aliphatic carbocycles. The summed E-state index contributed by atoms with van der Waals surface area (Å²) in [5.41, 5.74) is 0.894. The number of benzene rings is 1. The SMILES string of the molecule is CC(C)(C)n1ncc2c(=O)[nH]c(NCCc3ccc(S(N)(=O)=O)cc3)nc21. The van der Waals surface area contributed by atoms with E-state index >= 15 is 0 Å². The van der Waals surface area contributed by atoms with Gasteiger partial charge in [0.2, 0.25) is 16.0 Å². The van der Waals surface area contributed by atoms with Crippen LogP contribution in [-0.2, 0) is 22.0 Å². The average Bonchev–Trinajstić information content (AvgIpc) is 2.99.